The van der Waals surface area contributed by atoms with E-state index in [1.54, 1.807) is 0 Å². The van der Waals surface area contributed by atoms with Crippen LogP contribution in [0.25, 0.3) is 0 Å². The topological polar surface area (TPSA) is 83.1 Å². The first-order valence-electron chi connectivity index (χ1n) is 9.24. The minimum absolute atomic E-state index is 0.153. The zero-order valence-electron chi connectivity index (χ0n) is 17.6. The van der Waals surface area contributed by atoms with Crippen molar-refractivity contribution in [2.45, 2.75) is 33.3 Å². The predicted molar refractivity (Wildman–Crippen MR) is 110 cm³/mol. The molecule has 1 atom stereocenters. The lowest BCUT2D eigenvalue weighted by molar-refractivity contribution is -0.122. The molecule has 7 nitrogen and oxygen atoms in total. The molecule has 0 bridgehead atoms. The molecule has 0 heterocycles. The van der Waals surface area contributed by atoms with E-state index < -0.39 is 12.1 Å². The summed E-state index contributed by atoms with van der Waals surface area (Å²) >= 11 is 0. The summed E-state index contributed by atoms with van der Waals surface area (Å²) in [7, 11) is 4.20. The number of aryl methyl sites for hydroxylation is 1. The van der Waals surface area contributed by atoms with Crippen LogP contribution >= 0.6 is 0 Å². The molecule has 0 unspecified atom stereocenters. The number of hydrogen-bond acceptors (Lipinski definition) is 6. The third-order valence-corrected chi connectivity index (χ3v) is 4.67. The van der Waals surface area contributed by atoms with Crippen LogP contribution in [0.3, 0.4) is 0 Å². The molecule has 1 N–H and O–H groups in total. The van der Waals surface area contributed by atoms with E-state index in [9.17, 15) is 9.59 Å². The summed E-state index contributed by atoms with van der Waals surface area (Å²) in [6.45, 7) is 5.78. The molecular formula is C22H27NO6. The molecule has 0 aromatic heterocycles. The lowest BCUT2D eigenvalue weighted by atomic mass is 10.1. The quantitative estimate of drug-likeness (QED) is 0.676. The van der Waals surface area contributed by atoms with Crippen molar-refractivity contribution < 1.29 is 28.5 Å². The molecule has 0 aliphatic heterocycles. The summed E-state index contributed by atoms with van der Waals surface area (Å²) in [4.78, 5) is 25.1. The highest BCUT2D eigenvalue weighted by Gasteiger charge is 2.24. The van der Waals surface area contributed by atoms with E-state index in [-0.39, 0.29) is 17.2 Å². The van der Waals surface area contributed by atoms with Gasteiger partial charge in [-0.1, -0.05) is 19.1 Å². The predicted octanol–water partition coefficient (Wildman–Crippen LogP) is 3.90. The Kier molecular flexibility index (Phi) is 7.47. The largest absolute Gasteiger partial charge is 0.493 e. The van der Waals surface area contributed by atoms with Gasteiger partial charge in [0, 0.05) is 12.1 Å². The van der Waals surface area contributed by atoms with Crippen LogP contribution in [0.4, 0.5) is 5.69 Å². The maximum absolute atomic E-state index is 12.9. The van der Waals surface area contributed by atoms with E-state index in [0.29, 0.717) is 23.7 Å². The van der Waals surface area contributed by atoms with Crippen molar-refractivity contribution in [1.29, 1.82) is 0 Å². The Morgan fingerprint density at radius 1 is 1.00 bits per heavy atom. The standard InChI is InChI=1S/C22H27NO6/c1-7-17(29-18-10-8-9-13(2)14(18)3)21(24)23-16-12-20(27-5)19(26-4)11-15(16)22(25)28-6/h8-12,17H,7H2,1-6H3,(H,23,24)/t17-/m1/s1. The molecule has 0 fully saturated rings. The molecular weight excluding hydrogens is 374 g/mol. The highest BCUT2D eigenvalue weighted by atomic mass is 16.5. The number of rotatable bonds is 8. The van der Waals surface area contributed by atoms with Gasteiger partial charge in [0.1, 0.15) is 5.75 Å². The second kappa shape index (κ2) is 9.82. The number of nitrogens with one attached hydrogen (secondary N) is 1. The smallest absolute Gasteiger partial charge is 0.340 e. The molecule has 29 heavy (non-hydrogen) atoms. The minimum atomic E-state index is -0.742. The highest BCUT2D eigenvalue weighted by molar-refractivity contribution is 6.03. The van der Waals surface area contributed by atoms with Gasteiger partial charge in [0.05, 0.1) is 32.6 Å². The first-order chi connectivity index (χ1) is 13.9. The van der Waals surface area contributed by atoms with E-state index >= 15 is 0 Å². The number of esters is 1. The molecule has 156 valence electrons. The summed E-state index contributed by atoms with van der Waals surface area (Å²) in [6.07, 6.45) is -0.297. The van der Waals surface area contributed by atoms with Gasteiger partial charge >= 0.3 is 5.97 Å². The highest BCUT2D eigenvalue weighted by Crippen LogP contribution is 2.34. The van der Waals surface area contributed by atoms with Gasteiger partial charge in [-0.15, -0.1) is 0 Å². The van der Waals surface area contributed by atoms with Crippen LogP contribution in [0, 0.1) is 13.8 Å². The number of carbonyl (C=O) groups excluding carboxylic acids is 2. The lowest BCUT2D eigenvalue weighted by Crippen LogP contribution is -2.33. The summed E-state index contributed by atoms with van der Waals surface area (Å²) in [5, 5.41) is 2.76. The van der Waals surface area contributed by atoms with E-state index in [1.807, 2.05) is 39.0 Å². The van der Waals surface area contributed by atoms with Crippen LogP contribution < -0.4 is 19.5 Å². The van der Waals surface area contributed by atoms with Crippen molar-refractivity contribution in [3.05, 3.63) is 47.0 Å². The SMILES string of the molecule is CC[C@@H](Oc1cccc(C)c1C)C(=O)Nc1cc(OC)c(OC)cc1C(=O)OC. The molecule has 0 saturated heterocycles. The average molecular weight is 401 g/mol. The van der Waals surface area contributed by atoms with Gasteiger partial charge in [0.25, 0.3) is 5.91 Å². The van der Waals surface area contributed by atoms with Crippen molar-refractivity contribution in [1.82, 2.24) is 0 Å². The third-order valence-electron chi connectivity index (χ3n) is 4.67. The molecule has 0 radical (unpaired) electrons. The van der Waals surface area contributed by atoms with Crippen molar-refractivity contribution >= 4 is 17.6 Å². The van der Waals surface area contributed by atoms with Gasteiger partial charge in [-0.2, -0.15) is 0 Å². The van der Waals surface area contributed by atoms with Crippen molar-refractivity contribution in [3.63, 3.8) is 0 Å². The lowest BCUT2D eigenvalue weighted by Gasteiger charge is -2.20. The van der Waals surface area contributed by atoms with Gasteiger partial charge in [0.15, 0.2) is 17.6 Å². The van der Waals surface area contributed by atoms with Crippen LogP contribution in [0.1, 0.15) is 34.8 Å². The van der Waals surface area contributed by atoms with Crippen LogP contribution in [-0.2, 0) is 9.53 Å². The van der Waals surface area contributed by atoms with E-state index in [0.717, 1.165) is 11.1 Å². The maximum Gasteiger partial charge on any atom is 0.340 e. The Bertz CT molecular complexity index is 893. The second-order valence-electron chi connectivity index (χ2n) is 6.45. The van der Waals surface area contributed by atoms with Gasteiger partial charge in [0.2, 0.25) is 0 Å². The average Bonchev–Trinajstić information content (AvgIpc) is 2.73. The van der Waals surface area contributed by atoms with Crippen molar-refractivity contribution in [2.75, 3.05) is 26.6 Å². The fraction of sp³-hybridized carbons (Fsp3) is 0.364. The number of ether oxygens (including phenoxy) is 4. The van der Waals surface area contributed by atoms with Gasteiger partial charge in [-0.05, 0) is 37.5 Å². The zero-order valence-corrected chi connectivity index (χ0v) is 17.6. The van der Waals surface area contributed by atoms with Crippen molar-refractivity contribution in [3.8, 4) is 17.2 Å². The Morgan fingerprint density at radius 2 is 1.66 bits per heavy atom. The Balaban J connectivity index is 2.33. The first kappa shape index (κ1) is 22.1. The molecule has 1 amide bonds. The molecule has 0 aliphatic carbocycles. The normalized spacial score (nSPS) is 11.4. The third kappa shape index (κ3) is 4.99. The molecule has 2 aromatic carbocycles. The Labute approximate surface area is 170 Å². The number of anilines is 1. The van der Waals surface area contributed by atoms with Gasteiger partial charge < -0.3 is 24.3 Å². The number of hydrogen-bond donors (Lipinski definition) is 1. The van der Waals surface area contributed by atoms with Crippen LogP contribution in [-0.4, -0.2) is 39.3 Å². The van der Waals surface area contributed by atoms with Crippen LogP contribution in [0.5, 0.6) is 17.2 Å². The molecule has 7 heteroatoms. The molecule has 0 saturated carbocycles. The van der Waals surface area contributed by atoms with Crippen molar-refractivity contribution in [2.24, 2.45) is 0 Å². The minimum Gasteiger partial charge on any atom is -0.493 e. The Morgan fingerprint density at radius 3 is 2.24 bits per heavy atom. The van der Waals surface area contributed by atoms with E-state index in [1.165, 1.54) is 33.5 Å². The summed E-state index contributed by atoms with van der Waals surface area (Å²) < 4.78 is 21.3. The number of amides is 1. The van der Waals surface area contributed by atoms with Crippen LogP contribution in [0.15, 0.2) is 30.3 Å². The number of carbonyl (C=O) groups is 2. The number of benzene rings is 2. The van der Waals surface area contributed by atoms with Gasteiger partial charge in [-0.25, -0.2) is 4.79 Å². The molecule has 2 rings (SSSR count). The van der Waals surface area contributed by atoms with Crippen LogP contribution in [0.2, 0.25) is 0 Å². The fourth-order valence-corrected chi connectivity index (χ4v) is 2.80. The fourth-order valence-electron chi connectivity index (χ4n) is 2.80. The summed E-state index contributed by atoms with van der Waals surface area (Å²) in [5.41, 5.74) is 2.45. The van der Waals surface area contributed by atoms with Gasteiger partial charge in [-0.3, -0.25) is 4.79 Å². The Hall–Kier alpha value is -3.22. The van der Waals surface area contributed by atoms with E-state index in [4.69, 9.17) is 18.9 Å². The number of methoxy groups -OCH3 is 3. The molecule has 2 aromatic rings. The summed E-state index contributed by atoms with van der Waals surface area (Å²) in [6, 6.07) is 8.68. The zero-order chi connectivity index (χ0) is 21.6. The first-order valence-corrected chi connectivity index (χ1v) is 9.24. The second-order valence-corrected chi connectivity index (χ2v) is 6.45. The summed E-state index contributed by atoms with van der Waals surface area (Å²) in [5.74, 6) is 0.381. The maximum atomic E-state index is 12.9. The monoisotopic (exact) mass is 401 g/mol. The molecule has 0 spiro atoms. The molecule has 0 aliphatic rings. The van der Waals surface area contributed by atoms with E-state index in [2.05, 4.69) is 5.32 Å².